The average molecular weight is 639 g/mol. The third-order valence-electron chi connectivity index (χ3n) is 6.51. The van der Waals surface area contributed by atoms with E-state index in [1.54, 1.807) is 31.4 Å². The Hall–Kier alpha value is -5.56. The van der Waals surface area contributed by atoms with Gasteiger partial charge in [-0.05, 0) is 60.3 Å². The first-order valence-corrected chi connectivity index (χ1v) is 13.7. The Morgan fingerprint density at radius 3 is 2.65 bits per heavy atom. The van der Waals surface area contributed by atoms with Crippen LogP contribution in [0.2, 0.25) is 0 Å². The van der Waals surface area contributed by atoms with Crippen LogP contribution in [0.15, 0.2) is 99.1 Å². The van der Waals surface area contributed by atoms with Crippen molar-refractivity contribution in [2.24, 2.45) is 5.10 Å². The van der Waals surface area contributed by atoms with E-state index in [2.05, 4.69) is 65.3 Å². The highest BCUT2D eigenvalue weighted by atomic mass is 79.9. The highest BCUT2D eigenvalue weighted by molar-refractivity contribution is 9.10. The molecule has 6 aromatic rings. The Labute approximate surface area is 253 Å². The predicted octanol–water partition coefficient (Wildman–Crippen LogP) is 5.17. The molecule has 0 unspecified atom stereocenters. The van der Waals surface area contributed by atoms with Gasteiger partial charge in [0.25, 0.3) is 5.91 Å². The summed E-state index contributed by atoms with van der Waals surface area (Å²) in [6.45, 7) is 0.344. The van der Waals surface area contributed by atoms with Crippen LogP contribution in [0.25, 0.3) is 27.8 Å². The first-order valence-electron chi connectivity index (χ1n) is 12.9. The van der Waals surface area contributed by atoms with Crippen LogP contribution in [-0.2, 0) is 6.61 Å². The van der Waals surface area contributed by atoms with Crippen LogP contribution in [0.5, 0.6) is 11.5 Å². The maximum atomic E-state index is 13.4. The van der Waals surface area contributed by atoms with Gasteiger partial charge in [0.15, 0.2) is 17.2 Å². The minimum Gasteiger partial charge on any atom is -0.493 e. The number of carbonyl (C=O) groups excluding carboxylic acids is 1. The monoisotopic (exact) mass is 638 g/mol. The van der Waals surface area contributed by atoms with E-state index in [1.807, 2.05) is 42.5 Å². The van der Waals surface area contributed by atoms with E-state index in [0.29, 0.717) is 39.4 Å². The van der Waals surface area contributed by atoms with Crippen molar-refractivity contribution in [2.45, 2.75) is 6.61 Å². The Kier molecular flexibility index (Phi) is 7.78. The van der Waals surface area contributed by atoms with E-state index < -0.39 is 5.91 Å². The van der Waals surface area contributed by atoms with E-state index >= 15 is 0 Å². The molecule has 0 aliphatic carbocycles. The molecule has 0 fully saturated rings. The summed E-state index contributed by atoms with van der Waals surface area (Å²) in [5.41, 5.74) is 11.1. The number of rotatable bonds is 9. The maximum absolute atomic E-state index is 13.4. The standard InChI is InChI=1S/C30H23BrN8O4/c1-41-24-15-18(14-23(31)27(24)42-17-21-12-7-11-19-8-5-6-13-22(19)21)16-33-35-30(40)26-25(20-9-3-2-4-10-20)34-38-39(26)29-28(32)36-43-37-29/h2-16H,17H2,1H3,(H2,32,36)(H,35,40)/b33-16+. The number of benzene rings is 4. The van der Waals surface area contributed by atoms with Crippen molar-refractivity contribution in [2.75, 3.05) is 12.8 Å². The number of hydrazone groups is 1. The lowest BCUT2D eigenvalue weighted by atomic mass is 10.1. The average Bonchev–Trinajstić information content (AvgIpc) is 3.66. The highest BCUT2D eigenvalue weighted by Crippen LogP contribution is 2.37. The number of aromatic nitrogens is 5. The molecule has 214 valence electrons. The summed E-state index contributed by atoms with van der Waals surface area (Å²) >= 11 is 3.58. The topological polar surface area (TPSA) is 156 Å². The predicted molar refractivity (Wildman–Crippen MR) is 163 cm³/mol. The first-order chi connectivity index (χ1) is 21.0. The minimum atomic E-state index is -0.608. The van der Waals surface area contributed by atoms with Crippen molar-refractivity contribution in [1.82, 2.24) is 30.7 Å². The van der Waals surface area contributed by atoms with Gasteiger partial charge in [0, 0.05) is 5.56 Å². The normalized spacial score (nSPS) is 11.2. The van der Waals surface area contributed by atoms with E-state index in [0.717, 1.165) is 21.0 Å². The first kappa shape index (κ1) is 27.6. The largest absolute Gasteiger partial charge is 0.493 e. The second-order valence-electron chi connectivity index (χ2n) is 9.20. The molecule has 0 radical (unpaired) electrons. The number of nitrogens with zero attached hydrogens (tertiary/aromatic N) is 6. The van der Waals surface area contributed by atoms with Gasteiger partial charge in [-0.25, -0.2) is 10.1 Å². The Morgan fingerprint density at radius 2 is 1.86 bits per heavy atom. The van der Waals surface area contributed by atoms with Gasteiger partial charge in [0.2, 0.25) is 11.6 Å². The van der Waals surface area contributed by atoms with E-state index in [9.17, 15) is 4.79 Å². The molecule has 0 spiro atoms. The SMILES string of the molecule is COc1cc(/C=N/NC(=O)c2c(-c3ccccc3)nnn2-c2nonc2N)cc(Br)c1OCc1cccc2ccccc12. The second kappa shape index (κ2) is 12.1. The number of fused-ring (bicyclic) bond motifs is 1. The number of ether oxygens (including phenoxy) is 2. The molecule has 0 bridgehead atoms. The third kappa shape index (κ3) is 5.65. The molecule has 0 atom stereocenters. The number of amides is 1. The fourth-order valence-corrected chi connectivity index (χ4v) is 5.08. The lowest BCUT2D eigenvalue weighted by molar-refractivity contribution is 0.0947. The van der Waals surface area contributed by atoms with Gasteiger partial charge in [-0.1, -0.05) is 78.0 Å². The molecule has 3 N–H and O–H groups in total. The molecule has 6 rings (SSSR count). The molecule has 12 nitrogen and oxygen atoms in total. The molecule has 13 heteroatoms. The summed E-state index contributed by atoms with van der Waals surface area (Å²) < 4.78 is 18.3. The second-order valence-corrected chi connectivity index (χ2v) is 10.1. The Balaban J connectivity index is 1.23. The van der Waals surface area contributed by atoms with Gasteiger partial charge in [-0.3, -0.25) is 4.79 Å². The summed E-state index contributed by atoms with van der Waals surface area (Å²) in [6, 6.07) is 26.9. The zero-order chi connectivity index (χ0) is 29.8. The molecule has 0 saturated carbocycles. The number of halogens is 1. The summed E-state index contributed by atoms with van der Waals surface area (Å²) in [5, 5.41) is 22.0. The van der Waals surface area contributed by atoms with Crippen molar-refractivity contribution in [3.63, 3.8) is 0 Å². The van der Waals surface area contributed by atoms with Crippen molar-refractivity contribution < 1.29 is 18.9 Å². The Morgan fingerprint density at radius 1 is 1.07 bits per heavy atom. The summed E-state index contributed by atoms with van der Waals surface area (Å²) in [7, 11) is 1.55. The minimum absolute atomic E-state index is 0.0246. The lowest BCUT2D eigenvalue weighted by Crippen LogP contribution is -2.22. The number of hydrogen-bond acceptors (Lipinski definition) is 10. The molecule has 1 amide bonds. The van der Waals surface area contributed by atoms with Gasteiger partial charge >= 0.3 is 0 Å². The fourth-order valence-electron chi connectivity index (χ4n) is 4.50. The van der Waals surface area contributed by atoms with Gasteiger partial charge in [-0.2, -0.15) is 9.78 Å². The molecule has 43 heavy (non-hydrogen) atoms. The number of hydrogen-bond donors (Lipinski definition) is 2. The number of nitrogen functional groups attached to an aromatic ring is 1. The van der Waals surface area contributed by atoms with Gasteiger partial charge in [0.1, 0.15) is 12.3 Å². The summed E-state index contributed by atoms with van der Waals surface area (Å²) in [5.74, 6) is 0.393. The van der Waals surface area contributed by atoms with Crippen LogP contribution in [0.3, 0.4) is 0 Å². The molecule has 2 heterocycles. The number of nitrogens with one attached hydrogen (secondary N) is 1. The van der Waals surface area contributed by atoms with Gasteiger partial charge < -0.3 is 15.2 Å². The molecule has 0 aliphatic heterocycles. The molecule has 0 saturated heterocycles. The smallest absolute Gasteiger partial charge is 0.292 e. The Bertz CT molecular complexity index is 1950. The van der Waals surface area contributed by atoms with Gasteiger partial charge in [0.05, 0.1) is 17.8 Å². The number of carbonyl (C=O) groups is 1. The molecule has 2 aromatic heterocycles. The molecular formula is C30H23BrN8O4. The van der Waals surface area contributed by atoms with Crippen molar-refractivity contribution in [1.29, 1.82) is 0 Å². The number of methoxy groups -OCH3 is 1. The van der Waals surface area contributed by atoms with E-state index in [-0.39, 0.29) is 17.3 Å². The van der Waals surface area contributed by atoms with Crippen molar-refractivity contribution in [3.05, 3.63) is 106 Å². The van der Waals surface area contributed by atoms with Gasteiger partial charge in [-0.15, -0.1) is 5.10 Å². The molecular weight excluding hydrogens is 616 g/mol. The highest BCUT2D eigenvalue weighted by Gasteiger charge is 2.26. The maximum Gasteiger partial charge on any atom is 0.292 e. The van der Waals surface area contributed by atoms with Crippen LogP contribution in [-0.4, -0.2) is 44.5 Å². The number of nitrogens with two attached hydrogens (primary N) is 1. The summed E-state index contributed by atoms with van der Waals surface area (Å²) in [4.78, 5) is 13.4. The van der Waals surface area contributed by atoms with Crippen LogP contribution in [0.4, 0.5) is 5.82 Å². The van der Waals surface area contributed by atoms with Crippen molar-refractivity contribution in [3.8, 4) is 28.6 Å². The van der Waals surface area contributed by atoms with Crippen LogP contribution < -0.4 is 20.6 Å². The van der Waals surface area contributed by atoms with E-state index in [1.165, 1.54) is 6.21 Å². The van der Waals surface area contributed by atoms with Crippen LogP contribution in [0, 0.1) is 0 Å². The third-order valence-corrected chi connectivity index (χ3v) is 7.10. The fraction of sp³-hybridized carbons (Fsp3) is 0.0667. The number of anilines is 1. The van der Waals surface area contributed by atoms with Crippen LogP contribution >= 0.6 is 15.9 Å². The lowest BCUT2D eigenvalue weighted by Gasteiger charge is -2.14. The zero-order valence-electron chi connectivity index (χ0n) is 22.6. The van der Waals surface area contributed by atoms with E-state index in [4.69, 9.17) is 19.8 Å². The summed E-state index contributed by atoms with van der Waals surface area (Å²) in [6.07, 6.45) is 1.47. The quantitative estimate of drug-likeness (QED) is 0.161. The zero-order valence-corrected chi connectivity index (χ0v) is 24.2. The molecule has 4 aromatic carbocycles. The van der Waals surface area contributed by atoms with Crippen molar-refractivity contribution >= 4 is 44.6 Å². The molecule has 0 aliphatic rings. The van der Waals surface area contributed by atoms with Crippen LogP contribution in [0.1, 0.15) is 21.6 Å².